The van der Waals surface area contributed by atoms with E-state index >= 15 is 0 Å². The summed E-state index contributed by atoms with van der Waals surface area (Å²) in [7, 11) is 0. The lowest BCUT2D eigenvalue weighted by Crippen LogP contribution is -2.58. The number of benzene rings is 8. The molecule has 4 heteroatoms. The van der Waals surface area contributed by atoms with Crippen molar-refractivity contribution < 1.29 is 0 Å². The maximum Gasteiger partial charge on any atom is 0.307 e. The summed E-state index contributed by atoms with van der Waals surface area (Å²) in [6.45, 7) is 7.22. The summed E-state index contributed by atoms with van der Waals surface area (Å²) in [6.07, 6.45) is 17.2. The Labute approximate surface area is 441 Å². The van der Waals surface area contributed by atoms with Crippen LogP contribution in [0.5, 0.6) is 0 Å². The van der Waals surface area contributed by atoms with Gasteiger partial charge in [0.15, 0.2) is 0 Å². The Kier molecular flexibility index (Phi) is 8.39. The van der Waals surface area contributed by atoms with Gasteiger partial charge >= 0.3 is 6.85 Å². The normalized spacial score (nSPS) is 30.5. The van der Waals surface area contributed by atoms with Crippen molar-refractivity contribution in [2.24, 2.45) is 35.5 Å². The number of hydrogen-bond donors (Lipinski definition) is 0. The van der Waals surface area contributed by atoms with E-state index in [4.69, 9.17) is 0 Å². The van der Waals surface area contributed by atoms with Gasteiger partial charge in [0.1, 0.15) is 0 Å². The molecule has 0 radical (unpaired) electrons. The predicted octanol–water partition coefficient (Wildman–Crippen LogP) is 17.6. The standard InChI is InChI=1S/C70H65BN2S/c1-68(2,3)49-18-21-59(55(30-49)46-11-5-4-6-12-46)72-61-29-48-14-8-9-15-52(48)62-58-33-51(70-37-43-26-44(38-70)28-45(27-43)39-70)32-57-56-31-50(69-34-40-23-41(35-69)25-42(24-40)36-69)19-22-60(56)73(65(57)58)71(64(61)62)63-54-20-17-47-13-7-10-16-53(47)66(54)74-67(63)72/h4-22,29-33,40-45,63,67H,23-28,34-39H2,1-3H3. The summed E-state index contributed by atoms with van der Waals surface area (Å²) < 4.78 is 2.98. The average molecular weight is 977 g/mol. The van der Waals surface area contributed by atoms with Crippen molar-refractivity contribution in [3.8, 4) is 22.3 Å². The van der Waals surface area contributed by atoms with Crippen molar-refractivity contribution in [2.75, 3.05) is 4.90 Å². The van der Waals surface area contributed by atoms with Gasteiger partial charge in [0.05, 0.1) is 11.1 Å². The van der Waals surface area contributed by atoms with Gasteiger partial charge in [-0.2, -0.15) is 0 Å². The van der Waals surface area contributed by atoms with Gasteiger partial charge in [0, 0.05) is 49.3 Å². The fourth-order valence-electron chi connectivity index (χ4n) is 19.8. The van der Waals surface area contributed by atoms with E-state index in [0.29, 0.717) is 5.41 Å². The van der Waals surface area contributed by atoms with Crippen LogP contribution in [0.3, 0.4) is 0 Å². The predicted molar refractivity (Wildman–Crippen MR) is 312 cm³/mol. The van der Waals surface area contributed by atoms with E-state index in [-0.39, 0.29) is 28.9 Å². The largest absolute Gasteiger partial charge is 0.379 e. The van der Waals surface area contributed by atoms with E-state index in [1.807, 2.05) is 0 Å². The molecule has 4 heterocycles. The molecule has 8 aromatic carbocycles. The summed E-state index contributed by atoms with van der Waals surface area (Å²) in [5.74, 6) is 5.60. The van der Waals surface area contributed by atoms with E-state index in [1.54, 1.807) is 16.5 Å². The Hall–Kier alpha value is -5.71. The molecule has 2 atom stereocenters. The third-order valence-corrected chi connectivity index (χ3v) is 23.4. The van der Waals surface area contributed by atoms with E-state index in [0.717, 1.165) is 35.5 Å². The van der Waals surface area contributed by atoms with Crippen molar-refractivity contribution in [3.63, 3.8) is 0 Å². The first-order chi connectivity index (χ1) is 36.1. The second-order valence-corrected chi connectivity index (χ2v) is 28.4. The highest BCUT2D eigenvalue weighted by Gasteiger charge is 2.57. The quantitative estimate of drug-likeness (QED) is 0.162. The van der Waals surface area contributed by atoms with Crippen LogP contribution < -0.4 is 10.4 Å². The molecule has 11 aliphatic rings. The molecule has 9 aromatic rings. The van der Waals surface area contributed by atoms with Gasteiger partial charge in [0.25, 0.3) is 0 Å². The summed E-state index contributed by atoms with van der Waals surface area (Å²) >= 11 is 2.14. The van der Waals surface area contributed by atoms with Gasteiger partial charge in [-0.1, -0.05) is 136 Å². The first kappa shape index (κ1) is 42.5. The molecule has 2 unspecified atom stereocenters. The SMILES string of the molecule is CC(C)(C)c1ccc(N2c3cc4ccccc4c4c3B(C3c5ccc6ccccc6c5SC32)n2c3ccc(C56CC7CC(CC(C7)C5)C6)cc3c3cc(C56CC7CC(CC(C7)C5)C6)cc-4c32)c(-c2ccccc2)c1. The third-order valence-electron chi connectivity index (χ3n) is 22.0. The number of anilines is 2. The topological polar surface area (TPSA) is 8.17 Å². The molecule has 8 fully saturated rings. The van der Waals surface area contributed by atoms with Crippen LogP contribution >= 0.6 is 11.8 Å². The summed E-state index contributed by atoms with van der Waals surface area (Å²) in [4.78, 5) is 4.34. The fraction of sp³-hybridized carbons (Fsp3) is 0.371. The summed E-state index contributed by atoms with van der Waals surface area (Å²) in [6, 6.07) is 59.1. The van der Waals surface area contributed by atoms with Crippen LogP contribution in [0, 0.1) is 35.5 Å². The Bertz CT molecular complexity index is 3860. The first-order valence-corrected chi connectivity index (χ1v) is 29.9. The van der Waals surface area contributed by atoms with Crippen LogP contribution in [0.1, 0.15) is 126 Å². The maximum absolute atomic E-state index is 2.98. The van der Waals surface area contributed by atoms with Crippen LogP contribution in [0.2, 0.25) is 0 Å². The fourth-order valence-corrected chi connectivity index (χ4v) is 21.5. The molecular formula is C70H65BN2S. The number of rotatable bonds is 4. The second kappa shape index (κ2) is 14.6. The van der Waals surface area contributed by atoms with Crippen LogP contribution in [-0.2, 0) is 16.2 Å². The van der Waals surface area contributed by atoms with Gasteiger partial charge in [-0.3, -0.25) is 0 Å². The minimum Gasteiger partial charge on any atom is -0.379 e. The molecule has 364 valence electrons. The van der Waals surface area contributed by atoms with E-state index in [2.05, 4.69) is 188 Å². The Morgan fingerprint density at radius 1 is 0.514 bits per heavy atom. The van der Waals surface area contributed by atoms with Crippen LogP contribution in [0.15, 0.2) is 150 Å². The molecule has 8 bridgehead atoms. The molecule has 0 spiro atoms. The highest BCUT2D eigenvalue weighted by atomic mass is 32.2. The molecule has 74 heavy (non-hydrogen) atoms. The molecule has 8 saturated carbocycles. The zero-order valence-corrected chi connectivity index (χ0v) is 44.2. The van der Waals surface area contributed by atoms with Crippen molar-refractivity contribution >= 4 is 78.8 Å². The van der Waals surface area contributed by atoms with Crippen LogP contribution in [0.25, 0.3) is 65.6 Å². The van der Waals surface area contributed by atoms with Crippen molar-refractivity contribution in [1.82, 2.24) is 4.48 Å². The van der Waals surface area contributed by atoms with Gasteiger partial charge in [0.2, 0.25) is 0 Å². The number of nitrogens with zero attached hydrogens (tertiary/aromatic N) is 2. The van der Waals surface area contributed by atoms with Crippen molar-refractivity contribution in [1.29, 1.82) is 0 Å². The van der Waals surface area contributed by atoms with Gasteiger partial charge < -0.3 is 9.38 Å². The molecule has 3 aliphatic heterocycles. The molecule has 0 amide bonds. The minimum atomic E-state index is 0.00544. The summed E-state index contributed by atoms with van der Waals surface area (Å²) in [5.41, 5.74) is 19.6. The van der Waals surface area contributed by atoms with E-state index in [1.165, 1.54) is 170 Å². The third kappa shape index (κ3) is 5.67. The lowest BCUT2D eigenvalue weighted by atomic mass is 9.40. The van der Waals surface area contributed by atoms with E-state index in [9.17, 15) is 0 Å². The monoisotopic (exact) mass is 976 g/mol. The first-order valence-electron chi connectivity index (χ1n) is 29.0. The Morgan fingerprint density at radius 2 is 1.14 bits per heavy atom. The zero-order valence-electron chi connectivity index (χ0n) is 43.3. The van der Waals surface area contributed by atoms with Gasteiger partial charge in [-0.05, 0) is 232 Å². The number of aromatic nitrogens is 1. The summed E-state index contributed by atoms with van der Waals surface area (Å²) in [5, 5.41) is 8.70. The number of fused-ring (bicyclic) bond motifs is 13. The minimum absolute atomic E-state index is 0.00544. The molecule has 8 aliphatic carbocycles. The zero-order chi connectivity index (χ0) is 48.6. The molecule has 1 aromatic heterocycles. The Balaban J connectivity index is 0.970. The average Bonchev–Trinajstić information content (AvgIpc) is 4.13. The molecular weight excluding hydrogens is 912 g/mol. The molecule has 0 saturated heterocycles. The molecule has 0 N–H and O–H groups in total. The lowest BCUT2D eigenvalue weighted by molar-refractivity contribution is -0.00527. The van der Waals surface area contributed by atoms with Gasteiger partial charge in [-0.25, -0.2) is 0 Å². The second-order valence-electron chi connectivity index (χ2n) is 27.2. The Morgan fingerprint density at radius 3 is 1.82 bits per heavy atom. The van der Waals surface area contributed by atoms with Crippen molar-refractivity contribution in [2.45, 2.75) is 130 Å². The van der Waals surface area contributed by atoms with E-state index < -0.39 is 0 Å². The number of thioether (sulfide) groups is 1. The molecule has 2 nitrogen and oxygen atoms in total. The van der Waals surface area contributed by atoms with Crippen LogP contribution in [0.4, 0.5) is 11.4 Å². The molecule has 20 rings (SSSR count). The smallest absolute Gasteiger partial charge is 0.307 e. The number of hydrogen-bond acceptors (Lipinski definition) is 2. The lowest BCUT2D eigenvalue weighted by Gasteiger charge is -2.57. The van der Waals surface area contributed by atoms with Gasteiger partial charge in [-0.15, -0.1) is 0 Å². The highest BCUT2D eigenvalue weighted by molar-refractivity contribution is 8.00. The van der Waals surface area contributed by atoms with Crippen LogP contribution in [-0.4, -0.2) is 16.7 Å². The maximum atomic E-state index is 2.98. The van der Waals surface area contributed by atoms with Crippen molar-refractivity contribution in [3.05, 3.63) is 168 Å². The highest BCUT2D eigenvalue weighted by Crippen LogP contribution is 2.65.